The Labute approximate surface area is 134 Å². The minimum atomic E-state index is -3.09. The molecule has 2 rings (SSSR count). The van der Waals surface area contributed by atoms with Crippen LogP contribution in [-0.4, -0.2) is 46.0 Å². The molecular formula is C15H19NO6S. The van der Waals surface area contributed by atoms with E-state index in [2.05, 4.69) is 5.32 Å². The molecule has 126 valence electrons. The van der Waals surface area contributed by atoms with Crippen LogP contribution in [0.5, 0.6) is 5.75 Å². The van der Waals surface area contributed by atoms with Crippen LogP contribution < -0.4 is 10.1 Å². The summed E-state index contributed by atoms with van der Waals surface area (Å²) < 4.78 is 32.6. The van der Waals surface area contributed by atoms with E-state index in [0.29, 0.717) is 17.7 Å². The van der Waals surface area contributed by atoms with Gasteiger partial charge in [0, 0.05) is 6.54 Å². The average molecular weight is 341 g/mol. The molecule has 1 aliphatic rings. The van der Waals surface area contributed by atoms with Crippen LogP contribution in [0.25, 0.3) is 0 Å². The number of hydrogen-bond donors (Lipinski definition) is 1. The number of esters is 1. The minimum absolute atomic E-state index is 0.0557. The molecule has 0 saturated carbocycles. The molecular weight excluding hydrogens is 322 g/mol. The van der Waals surface area contributed by atoms with Crippen molar-refractivity contribution < 1.29 is 27.5 Å². The number of ether oxygens (including phenoxy) is 2. The molecule has 0 radical (unpaired) electrons. The van der Waals surface area contributed by atoms with E-state index in [9.17, 15) is 18.0 Å². The summed E-state index contributed by atoms with van der Waals surface area (Å²) in [5, 5.41) is 2.70. The van der Waals surface area contributed by atoms with Gasteiger partial charge in [-0.15, -0.1) is 0 Å². The molecule has 1 N–H and O–H groups in total. The first kappa shape index (κ1) is 17.3. The molecule has 23 heavy (non-hydrogen) atoms. The Bertz CT molecular complexity index is 713. The molecule has 0 spiro atoms. The van der Waals surface area contributed by atoms with E-state index < -0.39 is 21.7 Å². The maximum atomic E-state index is 12.0. The van der Waals surface area contributed by atoms with Crippen LogP contribution in [-0.2, 0) is 25.9 Å². The number of hydrogen-bond acceptors (Lipinski definition) is 6. The Morgan fingerprint density at radius 1 is 1.30 bits per heavy atom. The zero-order valence-corrected chi connectivity index (χ0v) is 13.8. The van der Waals surface area contributed by atoms with Gasteiger partial charge in [-0.05, 0) is 24.1 Å². The summed E-state index contributed by atoms with van der Waals surface area (Å²) in [5.74, 6) is -0.986. The summed E-state index contributed by atoms with van der Waals surface area (Å²) in [6, 6.07) is 4.92. The van der Waals surface area contributed by atoms with Crippen LogP contribution in [0.2, 0.25) is 0 Å². The van der Waals surface area contributed by atoms with Crippen molar-refractivity contribution in [3.8, 4) is 5.75 Å². The Hall–Kier alpha value is -2.09. The number of sulfone groups is 1. The molecule has 1 atom stereocenters. The lowest BCUT2D eigenvalue weighted by atomic mass is 10.1. The molecule has 1 fully saturated rings. The summed E-state index contributed by atoms with van der Waals surface area (Å²) in [5.41, 5.74) is 0.964. The first-order valence-corrected chi connectivity index (χ1v) is 8.92. The highest BCUT2D eigenvalue weighted by atomic mass is 32.2. The van der Waals surface area contributed by atoms with Crippen molar-refractivity contribution in [1.29, 1.82) is 0 Å². The molecule has 8 heteroatoms. The summed E-state index contributed by atoms with van der Waals surface area (Å²) in [6.07, 6.45) is 0.351. The van der Waals surface area contributed by atoms with Gasteiger partial charge in [-0.2, -0.15) is 0 Å². The summed E-state index contributed by atoms with van der Waals surface area (Å²) in [7, 11) is -0.370. The van der Waals surface area contributed by atoms with Crippen molar-refractivity contribution in [2.24, 2.45) is 5.92 Å². The van der Waals surface area contributed by atoms with Gasteiger partial charge in [0.2, 0.25) is 5.91 Å². The van der Waals surface area contributed by atoms with Crippen LogP contribution in [0.3, 0.4) is 0 Å². The maximum Gasteiger partial charge on any atom is 0.341 e. The third-order valence-electron chi connectivity index (χ3n) is 3.74. The van der Waals surface area contributed by atoms with Crippen LogP contribution >= 0.6 is 0 Å². The van der Waals surface area contributed by atoms with Crippen molar-refractivity contribution in [1.82, 2.24) is 5.32 Å². The molecule has 1 heterocycles. The van der Waals surface area contributed by atoms with Gasteiger partial charge in [0.05, 0.1) is 31.6 Å². The van der Waals surface area contributed by atoms with Gasteiger partial charge in [-0.25, -0.2) is 13.2 Å². The van der Waals surface area contributed by atoms with E-state index >= 15 is 0 Å². The first-order valence-electron chi connectivity index (χ1n) is 7.09. The summed E-state index contributed by atoms with van der Waals surface area (Å²) in [4.78, 5) is 23.7. The van der Waals surface area contributed by atoms with E-state index in [1.807, 2.05) is 0 Å². The zero-order chi connectivity index (χ0) is 17.0. The van der Waals surface area contributed by atoms with Crippen molar-refractivity contribution in [2.45, 2.75) is 13.0 Å². The fraction of sp³-hybridized carbons (Fsp3) is 0.467. The van der Waals surface area contributed by atoms with Crippen molar-refractivity contribution in [3.63, 3.8) is 0 Å². The highest BCUT2D eigenvalue weighted by Gasteiger charge is 2.32. The van der Waals surface area contributed by atoms with Crippen LogP contribution in [0.1, 0.15) is 22.3 Å². The fourth-order valence-electron chi connectivity index (χ4n) is 2.47. The van der Waals surface area contributed by atoms with Gasteiger partial charge in [-0.3, -0.25) is 4.79 Å². The lowest BCUT2D eigenvalue weighted by Crippen LogP contribution is -2.31. The van der Waals surface area contributed by atoms with E-state index in [1.165, 1.54) is 14.2 Å². The first-order chi connectivity index (χ1) is 10.9. The Balaban J connectivity index is 2.03. The van der Waals surface area contributed by atoms with Crippen molar-refractivity contribution in [3.05, 3.63) is 29.3 Å². The highest BCUT2D eigenvalue weighted by Crippen LogP contribution is 2.21. The average Bonchev–Trinajstić information content (AvgIpc) is 2.91. The second kappa shape index (κ2) is 6.99. The van der Waals surface area contributed by atoms with E-state index in [4.69, 9.17) is 9.47 Å². The predicted octanol–water partition coefficient (Wildman–Crippen LogP) is 0.533. The maximum absolute atomic E-state index is 12.0. The lowest BCUT2D eigenvalue weighted by molar-refractivity contribution is -0.124. The fourth-order valence-corrected chi connectivity index (χ4v) is 4.21. The number of amides is 1. The number of carbonyl (C=O) groups is 2. The van der Waals surface area contributed by atoms with Gasteiger partial charge < -0.3 is 14.8 Å². The smallest absolute Gasteiger partial charge is 0.341 e. The number of nitrogens with one attached hydrogen (secondary N) is 1. The van der Waals surface area contributed by atoms with Gasteiger partial charge >= 0.3 is 5.97 Å². The van der Waals surface area contributed by atoms with Gasteiger partial charge in [0.1, 0.15) is 11.3 Å². The van der Waals surface area contributed by atoms with Crippen molar-refractivity contribution >= 4 is 21.7 Å². The SMILES string of the molecule is COC(=O)c1cc(CNC(=O)[C@H]2CCS(=O)(=O)C2)ccc1OC. The molecule has 1 aromatic carbocycles. The quantitative estimate of drug-likeness (QED) is 0.785. The summed E-state index contributed by atoms with van der Waals surface area (Å²) in [6.45, 7) is 0.198. The van der Waals surface area contributed by atoms with E-state index in [-0.39, 0.29) is 29.5 Å². The van der Waals surface area contributed by atoms with Crippen LogP contribution in [0.15, 0.2) is 18.2 Å². The second-order valence-corrected chi connectivity index (χ2v) is 7.57. The molecule has 1 aromatic rings. The summed E-state index contributed by atoms with van der Waals surface area (Å²) >= 11 is 0. The van der Waals surface area contributed by atoms with Gasteiger partial charge in [0.25, 0.3) is 0 Å². The van der Waals surface area contributed by atoms with Crippen molar-refractivity contribution in [2.75, 3.05) is 25.7 Å². The monoisotopic (exact) mass is 341 g/mol. The molecule has 0 unspecified atom stereocenters. The Morgan fingerprint density at radius 2 is 2.04 bits per heavy atom. The molecule has 0 bridgehead atoms. The van der Waals surface area contributed by atoms with Crippen LogP contribution in [0, 0.1) is 5.92 Å². The Kier molecular flexibility index (Phi) is 5.25. The normalized spacial score (nSPS) is 19.1. The predicted molar refractivity (Wildman–Crippen MR) is 82.9 cm³/mol. The topological polar surface area (TPSA) is 98.8 Å². The molecule has 0 aliphatic carbocycles. The Morgan fingerprint density at radius 3 is 2.61 bits per heavy atom. The number of rotatable bonds is 5. The molecule has 7 nitrogen and oxygen atoms in total. The minimum Gasteiger partial charge on any atom is -0.496 e. The van der Waals surface area contributed by atoms with E-state index in [0.717, 1.165) is 0 Å². The number of carbonyl (C=O) groups excluding carboxylic acids is 2. The van der Waals surface area contributed by atoms with Gasteiger partial charge in [-0.1, -0.05) is 6.07 Å². The highest BCUT2D eigenvalue weighted by molar-refractivity contribution is 7.91. The lowest BCUT2D eigenvalue weighted by Gasteiger charge is -2.12. The molecule has 0 aromatic heterocycles. The number of benzene rings is 1. The van der Waals surface area contributed by atoms with E-state index in [1.54, 1.807) is 18.2 Å². The van der Waals surface area contributed by atoms with Crippen LogP contribution in [0.4, 0.5) is 0 Å². The second-order valence-electron chi connectivity index (χ2n) is 5.34. The third kappa shape index (κ3) is 4.22. The molecule has 1 amide bonds. The molecule has 1 saturated heterocycles. The largest absolute Gasteiger partial charge is 0.496 e. The number of methoxy groups -OCH3 is 2. The zero-order valence-electron chi connectivity index (χ0n) is 13.0. The molecule has 1 aliphatic heterocycles. The van der Waals surface area contributed by atoms with Gasteiger partial charge in [0.15, 0.2) is 9.84 Å². The third-order valence-corrected chi connectivity index (χ3v) is 5.51. The standard InChI is InChI=1S/C15H19NO6S/c1-21-13-4-3-10(7-12(13)15(18)22-2)8-16-14(17)11-5-6-23(19,20)9-11/h3-4,7,11H,5-6,8-9H2,1-2H3,(H,16,17)/t11-/m0/s1.